The van der Waals surface area contributed by atoms with Gasteiger partial charge in [-0.2, -0.15) is 0 Å². The maximum atomic E-state index is 9.20. The van der Waals surface area contributed by atoms with Gasteiger partial charge in [-0.3, -0.25) is 0 Å². The summed E-state index contributed by atoms with van der Waals surface area (Å²) in [5, 5.41) is 18.4. The molecule has 0 aliphatic carbocycles. The van der Waals surface area contributed by atoms with Crippen LogP contribution in [0.5, 0.6) is 11.5 Å². The molecule has 4 heteroatoms. The molecular formula is C13H20O4. The summed E-state index contributed by atoms with van der Waals surface area (Å²) < 4.78 is 10.3. The minimum absolute atomic E-state index is 0.340. The molecule has 0 saturated heterocycles. The SMILES string of the molecule is COc1cc(CCCC(C)(O)O)cc(OC)c1. The second-order valence-electron chi connectivity index (χ2n) is 4.29. The standard InChI is InChI=1S/C13H20O4/c1-13(14,15)6-4-5-10-7-11(16-2)9-12(8-10)17-3/h7-9,14-15H,4-6H2,1-3H3. The van der Waals surface area contributed by atoms with Crippen molar-refractivity contribution < 1.29 is 19.7 Å². The Morgan fingerprint density at radius 3 is 2.00 bits per heavy atom. The van der Waals surface area contributed by atoms with E-state index in [9.17, 15) is 10.2 Å². The van der Waals surface area contributed by atoms with Gasteiger partial charge in [0.15, 0.2) is 5.79 Å². The van der Waals surface area contributed by atoms with E-state index >= 15 is 0 Å². The molecule has 1 aromatic carbocycles. The predicted octanol–water partition coefficient (Wildman–Crippen LogP) is 1.73. The van der Waals surface area contributed by atoms with E-state index in [1.54, 1.807) is 14.2 Å². The largest absolute Gasteiger partial charge is 0.497 e. The maximum absolute atomic E-state index is 9.20. The highest BCUT2D eigenvalue weighted by atomic mass is 16.5. The average Bonchev–Trinajstić information content (AvgIpc) is 2.26. The lowest BCUT2D eigenvalue weighted by Gasteiger charge is -2.15. The Kier molecular flexibility index (Phi) is 4.78. The molecule has 17 heavy (non-hydrogen) atoms. The van der Waals surface area contributed by atoms with Gasteiger partial charge in [0.25, 0.3) is 0 Å². The molecule has 0 unspecified atom stereocenters. The summed E-state index contributed by atoms with van der Waals surface area (Å²) in [6.45, 7) is 1.39. The van der Waals surface area contributed by atoms with Gasteiger partial charge in [0.1, 0.15) is 11.5 Å². The van der Waals surface area contributed by atoms with Gasteiger partial charge in [-0.1, -0.05) is 0 Å². The van der Waals surface area contributed by atoms with E-state index < -0.39 is 5.79 Å². The Labute approximate surface area is 102 Å². The van der Waals surface area contributed by atoms with Crippen LogP contribution in [0.3, 0.4) is 0 Å². The van der Waals surface area contributed by atoms with Gasteiger partial charge < -0.3 is 19.7 Å². The highest BCUT2D eigenvalue weighted by molar-refractivity contribution is 5.38. The molecule has 0 aliphatic heterocycles. The van der Waals surface area contributed by atoms with Crippen molar-refractivity contribution in [1.29, 1.82) is 0 Å². The molecule has 1 aromatic rings. The highest BCUT2D eigenvalue weighted by Crippen LogP contribution is 2.24. The lowest BCUT2D eigenvalue weighted by Crippen LogP contribution is -2.22. The number of methoxy groups -OCH3 is 2. The van der Waals surface area contributed by atoms with E-state index in [0.29, 0.717) is 12.8 Å². The molecule has 0 amide bonds. The molecule has 0 fully saturated rings. The van der Waals surface area contributed by atoms with Crippen LogP contribution in [0.1, 0.15) is 25.3 Å². The zero-order valence-corrected chi connectivity index (χ0v) is 10.6. The van der Waals surface area contributed by atoms with Crippen LogP contribution in [0, 0.1) is 0 Å². The number of benzene rings is 1. The first-order chi connectivity index (χ1) is 7.94. The molecule has 0 spiro atoms. The molecule has 0 aliphatic rings. The summed E-state index contributed by atoms with van der Waals surface area (Å²) in [6.07, 6.45) is 1.79. The summed E-state index contributed by atoms with van der Waals surface area (Å²) in [5.41, 5.74) is 1.06. The quantitative estimate of drug-likeness (QED) is 0.743. The minimum atomic E-state index is -1.59. The molecule has 0 heterocycles. The van der Waals surface area contributed by atoms with Gasteiger partial charge in [-0.25, -0.2) is 0 Å². The molecular weight excluding hydrogens is 220 g/mol. The fourth-order valence-electron chi connectivity index (χ4n) is 1.64. The number of hydrogen-bond acceptors (Lipinski definition) is 4. The fourth-order valence-corrected chi connectivity index (χ4v) is 1.64. The average molecular weight is 240 g/mol. The molecule has 0 bridgehead atoms. The van der Waals surface area contributed by atoms with E-state index in [2.05, 4.69) is 0 Å². The number of aliphatic hydroxyl groups is 2. The van der Waals surface area contributed by atoms with Crippen LogP contribution in [-0.2, 0) is 6.42 Å². The Balaban J connectivity index is 2.64. The van der Waals surface area contributed by atoms with Crippen LogP contribution in [0.2, 0.25) is 0 Å². The number of ether oxygens (including phenoxy) is 2. The van der Waals surface area contributed by atoms with Gasteiger partial charge in [0, 0.05) is 12.5 Å². The summed E-state index contributed by atoms with van der Waals surface area (Å²) in [7, 11) is 3.22. The van der Waals surface area contributed by atoms with Crippen molar-refractivity contribution in [2.45, 2.75) is 32.0 Å². The van der Waals surface area contributed by atoms with Gasteiger partial charge >= 0.3 is 0 Å². The lowest BCUT2D eigenvalue weighted by atomic mass is 10.0. The van der Waals surface area contributed by atoms with Crippen molar-refractivity contribution in [1.82, 2.24) is 0 Å². The Morgan fingerprint density at radius 2 is 1.59 bits per heavy atom. The van der Waals surface area contributed by atoms with E-state index in [1.807, 2.05) is 18.2 Å². The Bertz CT molecular complexity index is 333. The molecule has 4 nitrogen and oxygen atoms in total. The van der Waals surface area contributed by atoms with Crippen LogP contribution < -0.4 is 9.47 Å². The zero-order valence-electron chi connectivity index (χ0n) is 10.6. The van der Waals surface area contributed by atoms with Crippen molar-refractivity contribution >= 4 is 0 Å². The number of aryl methyl sites for hydroxylation is 1. The van der Waals surface area contributed by atoms with Gasteiger partial charge in [0.05, 0.1) is 14.2 Å². The highest BCUT2D eigenvalue weighted by Gasteiger charge is 2.14. The molecule has 0 saturated carbocycles. The van der Waals surface area contributed by atoms with Gasteiger partial charge in [-0.05, 0) is 37.5 Å². The van der Waals surface area contributed by atoms with Crippen molar-refractivity contribution in [3.05, 3.63) is 23.8 Å². The zero-order chi connectivity index (χ0) is 12.9. The second kappa shape index (κ2) is 5.89. The predicted molar refractivity (Wildman–Crippen MR) is 65.3 cm³/mol. The van der Waals surface area contributed by atoms with E-state index in [1.165, 1.54) is 6.92 Å². The molecule has 2 N–H and O–H groups in total. The molecule has 1 rings (SSSR count). The van der Waals surface area contributed by atoms with Crippen LogP contribution in [-0.4, -0.2) is 30.2 Å². The lowest BCUT2D eigenvalue weighted by molar-refractivity contribution is -0.149. The van der Waals surface area contributed by atoms with Crippen molar-refractivity contribution in [2.24, 2.45) is 0 Å². The Hall–Kier alpha value is -1.26. The third-order valence-corrected chi connectivity index (χ3v) is 2.53. The first kappa shape index (κ1) is 13.8. The van der Waals surface area contributed by atoms with Crippen LogP contribution in [0.15, 0.2) is 18.2 Å². The second-order valence-corrected chi connectivity index (χ2v) is 4.29. The van der Waals surface area contributed by atoms with Gasteiger partial charge in [0.2, 0.25) is 0 Å². The number of hydrogen-bond donors (Lipinski definition) is 2. The summed E-state index contributed by atoms with van der Waals surface area (Å²) in [4.78, 5) is 0. The first-order valence-electron chi connectivity index (χ1n) is 5.61. The third-order valence-electron chi connectivity index (χ3n) is 2.53. The summed E-state index contributed by atoms with van der Waals surface area (Å²) in [6, 6.07) is 5.66. The summed E-state index contributed by atoms with van der Waals surface area (Å²) in [5.74, 6) is -0.103. The van der Waals surface area contributed by atoms with Crippen LogP contribution in [0.25, 0.3) is 0 Å². The minimum Gasteiger partial charge on any atom is -0.497 e. The molecule has 96 valence electrons. The fraction of sp³-hybridized carbons (Fsp3) is 0.538. The normalized spacial score (nSPS) is 11.4. The van der Waals surface area contributed by atoms with Crippen LogP contribution >= 0.6 is 0 Å². The van der Waals surface area contributed by atoms with E-state index in [0.717, 1.165) is 23.5 Å². The van der Waals surface area contributed by atoms with E-state index in [-0.39, 0.29) is 0 Å². The topological polar surface area (TPSA) is 58.9 Å². The first-order valence-corrected chi connectivity index (χ1v) is 5.61. The number of rotatable bonds is 6. The smallest absolute Gasteiger partial charge is 0.159 e. The third kappa shape index (κ3) is 5.06. The van der Waals surface area contributed by atoms with Crippen molar-refractivity contribution in [2.75, 3.05) is 14.2 Å². The molecule has 0 aromatic heterocycles. The van der Waals surface area contributed by atoms with Crippen LogP contribution in [0.4, 0.5) is 0 Å². The van der Waals surface area contributed by atoms with Crippen molar-refractivity contribution in [3.63, 3.8) is 0 Å². The van der Waals surface area contributed by atoms with Gasteiger partial charge in [-0.15, -0.1) is 0 Å². The summed E-state index contributed by atoms with van der Waals surface area (Å²) >= 11 is 0. The molecule has 0 radical (unpaired) electrons. The monoisotopic (exact) mass is 240 g/mol. The molecule has 0 atom stereocenters. The maximum Gasteiger partial charge on any atom is 0.159 e. The van der Waals surface area contributed by atoms with Crippen molar-refractivity contribution in [3.8, 4) is 11.5 Å². The van der Waals surface area contributed by atoms with E-state index in [4.69, 9.17) is 9.47 Å². The Morgan fingerprint density at radius 1 is 1.06 bits per heavy atom.